The first-order valence-electron chi connectivity index (χ1n) is 12.9. The van der Waals surface area contributed by atoms with E-state index in [0.717, 1.165) is 5.56 Å². The van der Waals surface area contributed by atoms with Crippen LogP contribution in [-0.4, -0.2) is 41.8 Å². The van der Waals surface area contributed by atoms with Gasteiger partial charge in [0, 0.05) is 24.8 Å². The number of halogens is 1. The third-order valence-corrected chi connectivity index (χ3v) is 8.48. The highest BCUT2D eigenvalue weighted by molar-refractivity contribution is 7.91. The molecule has 1 N–H and O–H groups in total. The Morgan fingerprint density at radius 2 is 1.68 bits per heavy atom. The Kier molecular flexibility index (Phi) is 8.80. The highest BCUT2D eigenvalue weighted by Gasteiger charge is 2.32. The van der Waals surface area contributed by atoms with E-state index in [-0.39, 0.29) is 23.2 Å². The minimum absolute atomic E-state index is 0.0876. The van der Waals surface area contributed by atoms with Gasteiger partial charge in [-0.25, -0.2) is 13.4 Å². The Labute approximate surface area is 233 Å². The van der Waals surface area contributed by atoms with Crippen LogP contribution in [0.1, 0.15) is 43.4 Å². The molecule has 210 valence electrons. The Morgan fingerprint density at radius 3 is 2.27 bits per heavy atom. The lowest BCUT2D eigenvalue weighted by Gasteiger charge is -2.24. The summed E-state index contributed by atoms with van der Waals surface area (Å²) in [6, 6.07) is 17.0. The van der Waals surface area contributed by atoms with Crippen LogP contribution in [0.2, 0.25) is 0 Å². The number of benzene rings is 2. The van der Waals surface area contributed by atoms with Crippen LogP contribution < -0.4 is 5.56 Å². The van der Waals surface area contributed by atoms with Gasteiger partial charge in [-0.2, -0.15) is 9.37 Å². The van der Waals surface area contributed by atoms with Gasteiger partial charge in [0.25, 0.3) is 5.56 Å². The first-order chi connectivity index (χ1) is 19.0. The fourth-order valence-electron chi connectivity index (χ4n) is 4.62. The Balaban J connectivity index is 1.87. The maximum Gasteiger partial charge on any atom is 0.277 e. The number of ether oxygens (including phenoxy) is 1. The van der Waals surface area contributed by atoms with E-state index >= 15 is 0 Å². The first-order valence-corrected chi connectivity index (χ1v) is 14.4. The molecular formula is C30H32FN3O5S. The van der Waals surface area contributed by atoms with Crippen molar-refractivity contribution in [3.05, 3.63) is 100 Å². The number of hydrogen-bond donors (Lipinski definition) is 1. The largest absolute Gasteiger partial charge is 0.492 e. The molecule has 0 saturated carbocycles. The zero-order chi connectivity index (χ0) is 29.0. The van der Waals surface area contributed by atoms with Crippen molar-refractivity contribution in [2.45, 2.75) is 49.4 Å². The first kappa shape index (κ1) is 29.1. The molecule has 0 bridgehead atoms. The molecule has 1 atom stereocenters. The summed E-state index contributed by atoms with van der Waals surface area (Å²) >= 11 is 0. The van der Waals surface area contributed by atoms with Crippen molar-refractivity contribution in [3.8, 4) is 17.0 Å². The minimum Gasteiger partial charge on any atom is -0.492 e. The number of aromatic nitrogens is 3. The smallest absolute Gasteiger partial charge is 0.277 e. The lowest BCUT2D eigenvalue weighted by molar-refractivity contribution is 0.165. The van der Waals surface area contributed by atoms with E-state index in [1.807, 2.05) is 44.2 Å². The number of hydrogen-bond acceptors (Lipinski definition) is 7. The Morgan fingerprint density at radius 1 is 1.00 bits per heavy atom. The Hall–Kier alpha value is -3.89. The van der Waals surface area contributed by atoms with Crippen molar-refractivity contribution < 1.29 is 22.7 Å². The van der Waals surface area contributed by atoms with Crippen molar-refractivity contribution in [1.82, 2.24) is 14.5 Å². The van der Waals surface area contributed by atoms with Crippen LogP contribution in [0.3, 0.4) is 0 Å². The maximum atomic E-state index is 14.0. The van der Waals surface area contributed by atoms with E-state index in [1.165, 1.54) is 29.9 Å². The van der Waals surface area contributed by atoms with E-state index in [9.17, 15) is 22.7 Å². The normalized spacial score (nSPS) is 12.6. The molecule has 10 heteroatoms. The third kappa shape index (κ3) is 5.97. The van der Waals surface area contributed by atoms with E-state index in [4.69, 9.17) is 4.74 Å². The summed E-state index contributed by atoms with van der Waals surface area (Å²) < 4.78 is 47.8. The second-order valence-electron chi connectivity index (χ2n) is 9.97. The van der Waals surface area contributed by atoms with Crippen LogP contribution >= 0.6 is 0 Å². The fraction of sp³-hybridized carbons (Fsp3) is 0.300. The van der Waals surface area contributed by atoms with Crippen molar-refractivity contribution in [1.29, 1.82) is 0 Å². The molecule has 4 aromatic rings. The average molecular weight is 566 g/mol. The lowest BCUT2D eigenvalue weighted by Crippen LogP contribution is -2.35. The molecule has 40 heavy (non-hydrogen) atoms. The monoisotopic (exact) mass is 565 g/mol. The molecule has 4 rings (SSSR count). The molecule has 0 aliphatic rings. The predicted molar refractivity (Wildman–Crippen MR) is 150 cm³/mol. The number of sulfone groups is 1. The number of rotatable bonds is 10. The number of pyridine rings is 1. The topological polar surface area (TPSA) is 111 Å². The summed E-state index contributed by atoms with van der Waals surface area (Å²) in [5.74, 6) is -0.895. The minimum atomic E-state index is -4.48. The SMILES string of the molecule is COCC(c1ccccc1)n1c(CCC(C)C)nc(O)c(S(=O)(=O)c2ccc(-c3ccc(F)nc3C)cc2)c1=O. The molecule has 8 nitrogen and oxygen atoms in total. The molecular weight excluding hydrogens is 533 g/mol. The van der Waals surface area contributed by atoms with Gasteiger partial charge < -0.3 is 9.84 Å². The van der Waals surface area contributed by atoms with Crippen LogP contribution in [0.15, 0.2) is 81.3 Å². The summed E-state index contributed by atoms with van der Waals surface area (Å²) in [7, 11) is -2.98. The third-order valence-electron chi connectivity index (χ3n) is 6.69. The van der Waals surface area contributed by atoms with Gasteiger partial charge in [-0.3, -0.25) is 9.36 Å². The second kappa shape index (κ2) is 12.1. The summed E-state index contributed by atoms with van der Waals surface area (Å²) in [4.78, 5) is 21.1. The van der Waals surface area contributed by atoms with Gasteiger partial charge in [-0.1, -0.05) is 56.3 Å². The van der Waals surface area contributed by atoms with Crippen LogP contribution in [0.25, 0.3) is 11.1 Å². The van der Waals surface area contributed by atoms with Crippen molar-refractivity contribution in [2.75, 3.05) is 13.7 Å². The number of nitrogens with zero attached hydrogens (tertiary/aromatic N) is 3. The highest BCUT2D eigenvalue weighted by atomic mass is 32.2. The maximum absolute atomic E-state index is 14.0. The predicted octanol–water partition coefficient (Wildman–Crippen LogP) is 5.12. The van der Waals surface area contributed by atoms with Crippen LogP contribution in [0.5, 0.6) is 5.88 Å². The zero-order valence-corrected chi connectivity index (χ0v) is 23.7. The van der Waals surface area contributed by atoms with Crippen molar-refractivity contribution in [2.24, 2.45) is 5.92 Å². The Bertz CT molecular complexity index is 1650. The summed E-state index contributed by atoms with van der Waals surface area (Å²) in [5.41, 5.74) is 1.57. The van der Waals surface area contributed by atoms with Gasteiger partial charge in [0.1, 0.15) is 5.82 Å². The van der Waals surface area contributed by atoms with E-state index in [0.29, 0.717) is 29.7 Å². The van der Waals surface area contributed by atoms with Gasteiger partial charge in [0.05, 0.1) is 17.5 Å². The van der Waals surface area contributed by atoms with Crippen LogP contribution in [0.4, 0.5) is 4.39 Å². The number of methoxy groups -OCH3 is 1. The lowest BCUT2D eigenvalue weighted by atomic mass is 10.1. The van der Waals surface area contributed by atoms with Crippen molar-refractivity contribution >= 4 is 9.84 Å². The van der Waals surface area contributed by atoms with Gasteiger partial charge >= 0.3 is 0 Å². The second-order valence-corrected chi connectivity index (χ2v) is 11.9. The van der Waals surface area contributed by atoms with Crippen LogP contribution in [-0.2, 0) is 21.0 Å². The summed E-state index contributed by atoms with van der Waals surface area (Å²) in [5, 5.41) is 10.9. The van der Waals surface area contributed by atoms with E-state index < -0.39 is 38.2 Å². The van der Waals surface area contributed by atoms with E-state index in [2.05, 4.69) is 9.97 Å². The standard InChI is InChI=1S/C30H32FN3O5S/c1-19(2)10-17-27-33-29(35)28(30(36)34(27)25(18-39-4)22-8-6-5-7-9-22)40(37,38)23-13-11-21(12-14-23)24-15-16-26(31)32-20(24)3/h5-9,11-16,19,25,35H,10,17-18H2,1-4H3. The van der Waals surface area contributed by atoms with Gasteiger partial charge in [-0.15, -0.1) is 0 Å². The molecule has 0 amide bonds. The molecule has 1 unspecified atom stereocenters. The molecule has 0 spiro atoms. The molecule has 0 aliphatic carbocycles. The van der Waals surface area contributed by atoms with Gasteiger partial charge in [-0.05, 0) is 54.7 Å². The summed E-state index contributed by atoms with van der Waals surface area (Å²) in [6.45, 7) is 5.79. The molecule has 0 saturated heterocycles. The van der Waals surface area contributed by atoms with Crippen LogP contribution in [0, 0.1) is 18.8 Å². The quantitative estimate of drug-likeness (QED) is 0.266. The fourth-order valence-corrected chi connectivity index (χ4v) is 5.96. The zero-order valence-electron chi connectivity index (χ0n) is 22.8. The number of aryl methyl sites for hydroxylation is 2. The van der Waals surface area contributed by atoms with Gasteiger partial charge in [0.15, 0.2) is 4.90 Å². The molecule has 0 fully saturated rings. The van der Waals surface area contributed by atoms with Gasteiger partial charge in [0.2, 0.25) is 21.7 Å². The van der Waals surface area contributed by atoms with Crippen molar-refractivity contribution in [3.63, 3.8) is 0 Å². The highest BCUT2D eigenvalue weighted by Crippen LogP contribution is 2.30. The molecule has 2 aromatic carbocycles. The molecule has 2 heterocycles. The number of aromatic hydroxyl groups is 1. The summed E-state index contributed by atoms with van der Waals surface area (Å²) in [6.07, 6.45) is 1.03. The molecule has 2 aromatic heterocycles. The average Bonchev–Trinajstić information content (AvgIpc) is 2.91. The molecule has 0 aliphatic heterocycles. The van der Waals surface area contributed by atoms with E-state index in [1.54, 1.807) is 25.1 Å². The molecule has 0 radical (unpaired) electrons.